The molecule has 1 aromatic rings. The average molecular weight is 939 g/mol. The second-order valence-corrected chi connectivity index (χ2v) is 16.0. The molecule has 370 valence electrons. The lowest BCUT2D eigenvalue weighted by atomic mass is 9.88. The van der Waals surface area contributed by atoms with Gasteiger partial charge in [0, 0.05) is 32.4 Å². The fraction of sp³-hybridized carbons (Fsp3) is 0.750. The van der Waals surface area contributed by atoms with E-state index in [2.05, 4.69) is 15.4 Å². The molecule has 0 spiro atoms. The molecule has 2 amide bonds. The van der Waals surface area contributed by atoms with Crippen molar-refractivity contribution in [3.05, 3.63) is 23.8 Å². The van der Waals surface area contributed by atoms with Gasteiger partial charge in [0.05, 0.1) is 44.6 Å². The van der Waals surface area contributed by atoms with E-state index in [1.807, 2.05) is 0 Å². The van der Waals surface area contributed by atoms with Crippen LogP contribution in [0.25, 0.3) is 0 Å². The number of unbranched alkanes of at least 4 members (excludes halogenated alkanes) is 5. The van der Waals surface area contributed by atoms with Crippen LogP contribution in [0.3, 0.4) is 0 Å². The van der Waals surface area contributed by atoms with E-state index in [1.54, 1.807) is 0 Å². The summed E-state index contributed by atoms with van der Waals surface area (Å²) < 4.78 is 39.4. The van der Waals surface area contributed by atoms with Gasteiger partial charge in [-0.1, -0.05) is 25.7 Å². The lowest BCUT2D eigenvalue weighted by molar-refractivity contribution is -0.382. The van der Waals surface area contributed by atoms with Crippen molar-refractivity contribution >= 4 is 23.8 Å². The zero-order chi connectivity index (χ0) is 48.2. The number of aliphatic hydroxyl groups excluding tert-OH is 9. The molecular weight excluding hydrogens is 876 g/mol. The third-order valence-corrected chi connectivity index (χ3v) is 11.3. The van der Waals surface area contributed by atoms with Crippen LogP contribution in [-0.4, -0.2) is 216 Å². The standard InChI is InChI=1S/C40H62N2O23/c1-18(46)41-27-22(49)14-40(39(57)58,64-34(27)29(52)23(50)15-43)65-35-30(53)24(16-44)61-38(32(35)55)63-33-25(17-45)62-37(60-12-8-6-4-3-5-7-9-26(51)59-2)28(31(33)54)42-36(56)20-11-10-19(47)13-21(20)48/h10-11,13,22-25,27-35,37-38,43-45,47-50,52-55H,3-9,12,14-17H2,1-2H3,(H,41,46)(H,42,56)(H,57,58)/t22?,23?,24?,25?,27-,28?,29?,30-,31?,32?,33+,34?,35?,37-,38?,40+/m1/s1. The Morgan fingerprint density at radius 3 is 2.08 bits per heavy atom. The Morgan fingerprint density at radius 1 is 0.831 bits per heavy atom. The molecule has 16 atom stereocenters. The summed E-state index contributed by atoms with van der Waals surface area (Å²) in [5, 5.41) is 132. The number of aromatic hydroxyl groups is 2. The van der Waals surface area contributed by atoms with Gasteiger partial charge in [-0.25, -0.2) is 4.79 Å². The molecule has 11 unspecified atom stereocenters. The van der Waals surface area contributed by atoms with Gasteiger partial charge in [0.2, 0.25) is 5.91 Å². The van der Waals surface area contributed by atoms with Gasteiger partial charge in [0.25, 0.3) is 11.7 Å². The van der Waals surface area contributed by atoms with Crippen molar-refractivity contribution in [3.63, 3.8) is 0 Å². The van der Waals surface area contributed by atoms with E-state index in [9.17, 15) is 80.5 Å². The van der Waals surface area contributed by atoms with Crippen molar-refractivity contribution in [1.82, 2.24) is 10.6 Å². The molecule has 0 aliphatic carbocycles. The summed E-state index contributed by atoms with van der Waals surface area (Å²) in [4.78, 5) is 49.7. The third-order valence-electron chi connectivity index (χ3n) is 11.3. The number of carbonyl (C=O) groups is 4. The number of carbonyl (C=O) groups excluding carboxylic acids is 3. The molecule has 25 nitrogen and oxygen atoms in total. The number of amides is 2. The number of nitrogens with one attached hydrogen (secondary N) is 2. The molecule has 0 saturated carbocycles. The van der Waals surface area contributed by atoms with Crippen molar-refractivity contribution in [3.8, 4) is 11.5 Å². The molecule has 65 heavy (non-hydrogen) atoms. The third kappa shape index (κ3) is 13.6. The number of ether oxygens (including phenoxy) is 7. The van der Waals surface area contributed by atoms with Crippen LogP contribution in [0.1, 0.15) is 68.6 Å². The molecule has 0 radical (unpaired) electrons. The topological polar surface area (TPSA) is 400 Å². The zero-order valence-corrected chi connectivity index (χ0v) is 35.7. The van der Waals surface area contributed by atoms with Crippen LogP contribution in [-0.2, 0) is 47.5 Å². The fourth-order valence-corrected chi connectivity index (χ4v) is 7.78. The van der Waals surface area contributed by atoms with E-state index in [-0.39, 0.29) is 23.9 Å². The van der Waals surface area contributed by atoms with Crippen LogP contribution in [0.15, 0.2) is 18.2 Å². The molecule has 25 heteroatoms. The van der Waals surface area contributed by atoms with E-state index >= 15 is 0 Å². The second-order valence-electron chi connectivity index (χ2n) is 16.0. The van der Waals surface area contributed by atoms with E-state index < -0.39 is 147 Å². The highest BCUT2D eigenvalue weighted by Gasteiger charge is 2.60. The van der Waals surface area contributed by atoms with Gasteiger partial charge >= 0.3 is 11.9 Å². The van der Waals surface area contributed by atoms with Crippen LogP contribution >= 0.6 is 0 Å². The fourth-order valence-electron chi connectivity index (χ4n) is 7.78. The van der Waals surface area contributed by atoms with Crippen molar-refractivity contribution in [2.45, 2.75) is 156 Å². The molecule has 14 N–H and O–H groups in total. The molecule has 4 rings (SSSR count). The molecule has 3 heterocycles. The molecule has 0 aromatic heterocycles. The lowest BCUT2D eigenvalue weighted by Crippen LogP contribution is -2.71. The van der Waals surface area contributed by atoms with E-state index in [1.165, 1.54) is 7.11 Å². The Hall–Kier alpha value is -3.90. The normalized spacial score (nSPS) is 33.7. The van der Waals surface area contributed by atoms with Crippen molar-refractivity contribution < 1.29 is 114 Å². The maximum atomic E-state index is 13.5. The van der Waals surface area contributed by atoms with Gasteiger partial charge < -0.3 is 105 Å². The van der Waals surface area contributed by atoms with Crippen LogP contribution in [0.5, 0.6) is 11.5 Å². The molecule has 3 saturated heterocycles. The monoisotopic (exact) mass is 938 g/mol. The zero-order valence-electron chi connectivity index (χ0n) is 35.7. The second kappa shape index (κ2) is 24.7. The SMILES string of the molecule is COC(=O)CCCCCCCCO[C@@H]1OC(CO)[C@H](OC2OC(CO)[C@@H](O)C(O[C@]3(C(=O)O)CC(O)[C@@H](NC(C)=O)C(C(O)C(O)CO)O3)C2O)C(O)C1NC(=O)c1ccc(O)cc1O. The van der Waals surface area contributed by atoms with Crippen LogP contribution in [0, 0.1) is 0 Å². The number of aliphatic carboxylic acids is 1. The predicted octanol–water partition coefficient (Wildman–Crippen LogP) is -4.45. The summed E-state index contributed by atoms with van der Waals surface area (Å²) in [6, 6.07) is -0.0762. The predicted molar refractivity (Wildman–Crippen MR) is 213 cm³/mol. The molecule has 1 aromatic carbocycles. The number of methoxy groups -OCH3 is 1. The number of esters is 1. The van der Waals surface area contributed by atoms with Crippen molar-refractivity contribution in [2.24, 2.45) is 0 Å². The van der Waals surface area contributed by atoms with Crippen molar-refractivity contribution in [1.29, 1.82) is 0 Å². The summed E-state index contributed by atoms with van der Waals surface area (Å²) >= 11 is 0. The number of rotatable bonds is 23. The minimum absolute atomic E-state index is 0.0179. The van der Waals surface area contributed by atoms with Gasteiger partial charge in [0.15, 0.2) is 12.6 Å². The Balaban J connectivity index is 1.58. The Labute approximate surface area is 372 Å². The lowest BCUT2D eigenvalue weighted by Gasteiger charge is -2.51. The molecule has 3 fully saturated rings. The quantitative estimate of drug-likeness (QED) is 0.0363. The molecular formula is C40H62N2O23. The first kappa shape index (κ1) is 53.7. The van der Waals surface area contributed by atoms with Crippen LogP contribution < -0.4 is 10.6 Å². The Morgan fingerprint density at radius 2 is 1.48 bits per heavy atom. The Kier molecular flexibility index (Phi) is 20.4. The highest BCUT2D eigenvalue weighted by atomic mass is 16.8. The van der Waals surface area contributed by atoms with Gasteiger partial charge in [-0.3, -0.25) is 14.4 Å². The highest BCUT2D eigenvalue weighted by molar-refractivity contribution is 5.97. The van der Waals surface area contributed by atoms with Gasteiger partial charge in [-0.05, 0) is 25.0 Å². The summed E-state index contributed by atoms with van der Waals surface area (Å²) in [6.45, 7) is -1.96. The van der Waals surface area contributed by atoms with Crippen LogP contribution in [0.2, 0.25) is 0 Å². The first-order chi connectivity index (χ1) is 30.8. The van der Waals surface area contributed by atoms with Crippen molar-refractivity contribution in [2.75, 3.05) is 33.5 Å². The van der Waals surface area contributed by atoms with E-state index in [0.717, 1.165) is 44.4 Å². The number of benzene rings is 1. The maximum absolute atomic E-state index is 13.5. The number of phenols is 2. The van der Waals surface area contributed by atoms with Gasteiger partial charge in [0.1, 0.15) is 78.6 Å². The number of carboxylic acids is 1. The summed E-state index contributed by atoms with van der Waals surface area (Å²) in [5.41, 5.74) is -0.347. The summed E-state index contributed by atoms with van der Waals surface area (Å²) in [7, 11) is 1.31. The maximum Gasteiger partial charge on any atom is 0.364 e. The number of phenolic OH excluding ortho intramolecular Hbond substituents is 2. The largest absolute Gasteiger partial charge is 0.508 e. The number of hydrogen-bond acceptors (Lipinski definition) is 22. The highest BCUT2D eigenvalue weighted by Crippen LogP contribution is 2.38. The minimum atomic E-state index is -3.10. The van der Waals surface area contributed by atoms with E-state index in [4.69, 9.17) is 28.4 Å². The summed E-state index contributed by atoms with van der Waals surface area (Å²) in [6.07, 6.45) is -21.8. The smallest absolute Gasteiger partial charge is 0.364 e. The Bertz CT molecular complexity index is 1710. The van der Waals surface area contributed by atoms with E-state index in [0.29, 0.717) is 25.7 Å². The molecule has 3 aliphatic heterocycles. The first-order valence-electron chi connectivity index (χ1n) is 21.1. The number of aliphatic hydroxyl groups is 9. The summed E-state index contributed by atoms with van der Waals surface area (Å²) in [5.74, 6) is -8.18. The first-order valence-corrected chi connectivity index (χ1v) is 21.1. The van der Waals surface area contributed by atoms with Gasteiger partial charge in [-0.15, -0.1) is 0 Å². The number of carboxylic acid groups (broad SMARTS) is 1. The van der Waals surface area contributed by atoms with Crippen LogP contribution in [0.4, 0.5) is 0 Å². The molecule has 0 bridgehead atoms. The minimum Gasteiger partial charge on any atom is -0.508 e. The van der Waals surface area contributed by atoms with Gasteiger partial charge in [-0.2, -0.15) is 0 Å². The molecule has 3 aliphatic rings. The average Bonchev–Trinajstić information content (AvgIpc) is 3.26. The number of hydrogen-bond donors (Lipinski definition) is 14.